The van der Waals surface area contributed by atoms with Crippen LogP contribution in [0.3, 0.4) is 0 Å². The van der Waals surface area contributed by atoms with Crippen LogP contribution in [0.15, 0.2) is 0 Å². The van der Waals surface area contributed by atoms with Gasteiger partial charge in [0.25, 0.3) is 0 Å². The third kappa shape index (κ3) is 2.63. The molecular formula is C19H32N4. The SMILES string of the molecule is N=C1C2CCCCCCCC2N2C3CCCCCCC3C(=N)N12. The minimum absolute atomic E-state index is 0.389. The Morgan fingerprint density at radius 1 is 0.565 bits per heavy atom. The standard InChI is InChI=1S/C19H32N4/c20-18-14-10-6-2-1-3-8-12-16(14)22-17-13-9-5-4-7-11-15(17)19(21)23(18)22/h14-17,20-21H,1-13H2. The molecule has 0 spiro atoms. The van der Waals surface area contributed by atoms with E-state index >= 15 is 0 Å². The van der Waals surface area contributed by atoms with Crippen LogP contribution in [-0.4, -0.2) is 33.8 Å². The molecule has 23 heavy (non-hydrogen) atoms. The number of rotatable bonds is 0. The van der Waals surface area contributed by atoms with Crippen LogP contribution in [0.4, 0.5) is 0 Å². The molecule has 4 nitrogen and oxygen atoms in total. The first-order valence-electron chi connectivity index (χ1n) is 10.0. The summed E-state index contributed by atoms with van der Waals surface area (Å²) in [6.07, 6.45) is 16.7. The second kappa shape index (κ2) is 6.54. The van der Waals surface area contributed by atoms with E-state index < -0.39 is 0 Å². The molecule has 2 aliphatic heterocycles. The molecule has 2 heterocycles. The second-order valence-electron chi connectivity index (χ2n) is 8.15. The molecule has 4 aliphatic rings. The summed E-state index contributed by atoms with van der Waals surface area (Å²) < 4.78 is 0. The summed E-state index contributed by atoms with van der Waals surface area (Å²) in [7, 11) is 0. The molecule has 4 heteroatoms. The Morgan fingerprint density at radius 3 is 1.43 bits per heavy atom. The number of fused-ring (bicyclic) bond motifs is 5. The van der Waals surface area contributed by atoms with E-state index in [2.05, 4.69) is 10.0 Å². The van der Waals surface area contributed by atoms with Gasteiger partial charge in [0.15, 0.2) is 0 Å². The average molecular weight is 316 g/mol. The molecule has 4 rings (SSSR count). The number of hydrogen-bond donors (Lipinski definition) is 2. The highest BCUT2D eigenvalue weighted by atomic mass is 15.7. The summed E-state index contributed by atoms with van der Waals surface area (Å²) >= 11 is 0. The molecule has 128 valence electrons. The third-order valence-corrected chi connectivity index (χ3v) is 6.78. The Kier molecular flexibility index (Phi) is 4.44. The van der Waals surface area contributed by atoms with Crippen LogP contribution in [0.1, 0.15) is 83.5 Å². The summed E-state index contributed by atoms with van der Waals surface area (Å²) in [5, 5.41) is 22.1. The van der Waals surface area contributed by atoms with E-state index in [1.807, 2.05) is 0 Å². The molecule has 2 saturated heterocycles. The minimum atomic E-state index is 0.389. The van der Waals surface area contributed by atoms with E-state index in [1.165, 1.54) is 83.5 Å². The molecule has 2 aliphatic carbocycles. The van der Waals surface area contributed by atoms with E-state index in [4.69, 9.17) is 10.8 Å². The molecule has 2 saturated carbocycles. The maximum Gasteiger partial charge on any atom is 0.122 e. The molecule has 2 N–H and O–H groups in total. The summed E-state index contributed by atoms with van der Waals surface area (Å²) in [6.45, 7) is 0. The van der Waals surface area contributed by atoms with Crippen molar-refractivity contribution in [3.8, 4) is 0 Å². The van der Waals surface area contributed by atoms with E-state index in [-0.39, 0.29) is 0 Å². The Morgan fingerprint density at radius 2 is 0.957 bits per heavy atom. The maximum atomic E-state index is 8.78. The van der Waals surface area contributed by atoms with Gasteiger partial charge in [-0.15, -0.1) is 0 Å². The molecule has 0 aromatic carbocycles. The molecule has 0 aromatic heterocycles. The van der Waals surface area contributed by atoms with Crippen LogP contribution in [0.25, 0.3) is 0 Å². The number of nitrogens with zero attached hydrogens (tertiary/aromatic N) is 2. The molecule has 0 radical (unpaired) electrons. The fourth-order valence-electron chi connectivity index (χ4n) is 5.61. The first kappa shape index (κ1) is 15.6. The van der Waals surface area contributed by atoms with Crippen LogP contribution in [0.2, 0.25) is 0 Å². The zero-order chi connectivity index (χ0) is 15.8. The first-order valence-corrected chi connectivity index (χ1v) is 10.0. The van der Waals surface area contributed by atoms with Crippen molar-refractivity contribution in [2.45, 2.75) is 95.6 Å². The van der Waals surface area contributed by atoms with Crippen molar-refractivity contribution in [1.82, 2.24) is 10.0 Å². The Balaban J connectivity index is 1.63. The molecule has 0 bridgehead atoms. The molecule has 0 aromatic rings. The van der Waals surface area contributed by atoms with Gasteiger partial charge in [0.1, 0.15) is 11.7 Å². The predicted octanol–water partition coefficient (Wildman–Crippen LogP) is 4.56. The van der Waals surface area contributed by atoms with Crippen molar-refractivity contribution in [1.29, 1.82) is 10.8 Å². The van der Waals surface area contributed by atoms with Gasteiger partial charge in [-0.2, -0.15) is 0 Å². The van der Waals surface area contributed by atoms with E-state index in [0.717, 1.165) is 11.7 Å². The van der Waals surface area contributed by atoms with Gasteiger partial charge >= 0.3 is 0 Å². The topological polar surface area (TPSA) is 54.2 Å². The number of amidine groups is 2. The fraction of sp³-hybridized carbons (Fsp3) is 0.895. The fourth-order valence-corrected chi connectivity index (χ4v) is 5.61. The van der Waals surface area contributed by atoms with Crippen molar-refractivity contribution < 1.29 is 0 Å². The highest BCUT2D eigenvalue weighted by Gasteiger charge is 2.55. The van der Waals surface area contributed by atoms with Gasteiger partial charge in [0.05, 0.1) is 0 Å². The van der Waals surface area contributed by atoms with E-state index in [9.17, 15) is 0 Å². The van der Waals surface area contributed by atoms with Gasteiger partial charge in [-0.25, -0.2) is 10.0 Å². The maximum absolute atomic E-state index is 8.78. The average Bonchev–Trinajstić information content (AvgIpc) is 2.96. The van der Waals surface area contributed by atoms with Crippen molar-refractivity contribution in [2.24, 2.45) is 11.8 Å². The summed E-state index contributed by atoms with van der Waals surface area (Å²) in [4.78, 5) is 0. The molecule has 4 fully saturated rings. The van der Waals surface area contributed by atoms with Crippen molar-refractivity contribution >= 4 is 11.7 Å². The Labute approximate surface area is 140 Å². The summed E-state index contributed by atoms with van der Waals surface area (Å²) in [5.74, 6) is 2.30. The Bertz CT molecular complexity index is 474. The van der Waals surface area contributed by atoms with Gasteiger partial charge in [-0.1, -0.05) is 57.8 Å². The van der Waals surface area contributed by atoms with Gasteiger partial charge in [-0.05, 0) is 25.7 Å². The minimum Gasteiger partial charge on any atom is -0.287 e. The highest BCUT2D eigenvalue weighted by molar-refractivity contribution is 6.03. The summed E-state index contributed by atoms with van der Waals surface area (Å²) in [6, 6.07) is 1.02. The smallest absolute Gasteiger partial charge is 0.122 e. The van der Waals surface area contributed by atoms with Gasteiger partial charge < -0.3 is 0 Å². The molecular weight excluding hydrogens is 284 g/mol. The van der Waals surface area contributed by atoms with Crippen LogP contribution >= 0.6 is 0 Å². The number of hydrazine groups is 1. The summed E-state index contributed by atoms with van der Waals surface area (Å²) in [5.41, 5.74) is 0. The third-order valence-electron chi connectivity index (χ3n) is 6.78. The lowest BCUT2D eigenvalue weighted by Gasteiger charge is -2.33. The van der Waals surface area contributed by atoms with E-state index in [0.29, 0.717) is 23.9 Å². The lowest BCUT2D eigenvalue weighted by atomic mass is 9.84. The normalized spacial score (nSPS) is 39.6. The number of hydrogen-bond acceptors (Lipinski definition) is 3. The van der Waals surface area contributed by atoms with Gasteiger partial charge in [0, 0.05) is 23.9 Å². The molecule has 0 amide bonds. The first-order chi connectivity index (χ1) is 11.3. The zero-order valence-corrected chi connectivity index (χ0v) is 14.4. The van der Waals surface area contributed by atoms with Gasteiger partial charge in [0.2, 0.25) is 0 Å². The van der Waals surface area contributed by atoms with Crippen molar-refractivity contribution in [3.05, 3.63) is 0 Å². The quantitative estimate of drug-likeness (QED) is 0.688. The van der Waals surface area contributed by atoms with Crippen molar-refractivity contribution in [2.75, 3.05) is 0 Å². The highest BCUT2D eigenvalue weighted by Crippen LogP contribution is 2.45. The lowest BCUT2D eigenvalue weighted by Crippen LogP contribution is -2.43. The number of nitrogens with one attached hydrogen (secondary N) is 2. The van der Waals surface area contributed by atoms with Crippen LogP contribution in [0.5, 0.6) is 0 Å². The largest absolute Gasteiger partial charge is 0.287 e. The van der Waals surface area contributed by atoms with Crippen molar-refractivity contribution in [3.63, 3.8) is 0 Å². The zero-order valence-electron chi connectivity index (χ0n) is 14.4. The van der Waals surface area contributed by atoms with Crippen LogP contribution < -0.4 is 0 Å². The van der Waals surface area contributed by atoms with Gasteiger partial charge in [-0.3, -0.25) is 10.8 Å². The monoisotopic (exact) mass is 316 g/mol. The Hall–Kier alpha value is -0.900. The lowest BCUT2D eigenvalue weighted by molar-refractivity contribution is 0.0366. The molecule has 4 unspecified atom stereocenters. The van der Waals surface area contributed by atoms with E-state index in [1.54, 1.807) is 0 Å². The molecule has 4 atom stereocenters. The predicted molar refractivity (Wildman–Crippen MR) is 93.7 cm³/mol. The second-order valence-corrected chi connectivity index (χ2v) is 8.15. The van der Waals surface area contributed by atoms with Crippen LogP contribution in [0, 0.1) is 22.7 Å². The van der Waals surface area contributed by atoms with Crippen LogP contribution in [-0.2, 0) is 0 Å².